The molecule has 0 fully saturated rings. The number of rotatable bonds is 4. The molecule has 9 rings (SSSR count). The summed E-state index contributed by atoms with van der Waals surface area (Å²) >= 11 is 0. The van der Waals surface area contributed by atoms with E-state index in [1.165, 1.54) is 77.6 Å². The van der Waals surface area contributed by atoms with Crippen LogP contribution >= 0.6 is 0 Å². The average molecular weight is 643 g/mol. The van der Waals surface area contributed by atoms with Gasteiger partial charge in [0.1, 0.15) is 0 Å². The van der Waals surface area contributed by atoms with E-state index in [0.717, 1.165) is 16.9 Å². The first-order valence-corrected chi connectivity index (χ1v) is 17.5. The molecule has 0 N–H and O–H groups in total. The molecular weight excluding hydrogens is 605 g/mol. The molecule has 50 heavy (non-hydrogen) atoms. The predicted molar refractivity (Wildman–Crippen MR) is 212 cm³/mol. The van der Waals surface area contributed by atoms with Crippen molar-refractivity contribution < 1.29 is 0 Å². The molecule has 1 aliphatic heterocycles. The largest absolute Gasteiger partial charge is 0.310 e. The van der Waals surface area contributed by atoms with Crippen molar-refractivity contribution in [2.75, 3.05) is 4.90 Å². The predicted octanol–water partition coefficient (Wildman–Crippen LogP) is 13.1. The summed E-state index contributed by atoms with van der Waals surface area (Å²) in [5.41, 5.74) is 16.6. The summed E-state index contributed by atoms with van der Waals surface area (Å²) in [4.78, 5) is 7.79. The summed E-state index contributed by atoms with van der Waals surface area (Å²) in [6, 6.07) is 57.4. The van der Waals surface area contributed by atoms with Crippen LogP contribution in [0.2, 0.25) is 0 Å². The van der Waals surface area contributed by atoms with Crippen LogP contribution in [0.15, 0.2) is 158 Å². The lowest BCUT2D eigenvalue weighted by atomic mass is 9.73. The fourth-order valence-electron chi connectivity index (χ4n) is 8.17. The van der Waals surface area contributed by atoms with Crippen molar-refractivity contribution in [1.82, 2.24) is 4.98 Å². The van der Waals surface area contributed by atoms with E-state index < -0.39 is 0 Å². The molecule has 0 saturated heterocycles. The number of fused-ring (bicyclic) bond motifs is 5. The zero-order chi connectivity index (χ0) is 34.0. The number of anilines is 3. The van der Waals surface area contributed by atoms with Crippen LogP contribution in [0.25, 0.3) is 55.2 Å². The Balaban J connectivity index is 1.20. The van der Waals surface area contributed by atoms with Gasteiger partial charge in [-0.05, 0) is 100 Å². The number of benzene rings is 7. The molecule has 0 spiro atoms. The maximum atomic E-state index is 5.36. The topological polar surface area (TPSA) is 16.1 Å². The number of aryl methyl sites for hydroxylation is 2. The van der Waals surface area contributed by atoms with Crippen molar-refractivity contribution in [2.24, 2.45) is 0 Å². The summed E-state index contributed by atoms with van der Waals surface area (Å²) < 4.78 is 0. The van der Waals surface area contributed by atoms with Crippen LogP contribution in [0.4, 0.5) is 17.1 Å². The molecule has 8 aromatic rings. The first-order valence-electron chi connectivity index (χ1n) is 17.5. The van der Waals surface area contributed by atoms with Crippen LogP contribution < -0.4 is 4.90 Å². The van der Waals surface area contributed by atoms with Gasteiger partial charge in [0.05, 0.1) is 22.6 Å². The third kappa shape index (κ3) is 4.67. The molecule has 2 heteroatoms. The van der Waals surface area contributed by atoms with E-state index >= 15 is 0 Å². The number of pyridine rings is 1. The van der Waals surface area contributed by atoms with Crippen LogP contribution in [-0.2, 0) is 5.41 Å². The van der Waals surface area contributed by atoms with Crippen LogP contribution in [0.5, 0.6) is 0 Å². The Morgan fingerprint density at radius 3 is 2.00 bits per heavy atom. The highest BCUT2D eigenvalue weighted by Gasteiger charge is 2.37. The Kier molecular flexibility index (Phi) is 6.96. The summed E-state index contributed by atoms with van der Waals surface area (Å²) in [6.45, 7) is 9.12. The molecule has 7 aromatic carbocycles. The Hall–Kier alpha value is -5.99. The lowest BCUT2D eigenvalue weighted by Crippen LogP contribution is -2.30. The summed E-state index contributed by atoms with van der Waals surface area (Å²) in [7, 11) is 0. The Morgan fingerprint density at radius 1 is 0.500 bits per heavy atom. The minimum atomic E-state index is -0.155. The molecule has 0 aliphatic carbocycles. The monoisotopic (exact) mass is 642 g/mol. The van der Waals surface area contributed by atoms with Gasteiger partial charge in [0.2, 0.25) is 0 Å². The molecule has 2 heterocycles. The molecule has 0 atom stereocenters. The molecule has 0 unspecified atom stereocenters. The zero-order valence-electron chi connectivity index (χ0n) is 28.9. The van der Waals surface area contributed by atoms with E-state index in [1.807, 2.05) is 0 Å². The zero-order valence-corrected chi connectivity index (χ0v) is 28.9. The van der Waals surface area contributed by atoms with Gasteiger partial charge in [-0.3, -0.25) is 0 Å². The van der Waals surface area contributed by atoms with Crippen molar-refractivity contribution in [3.8, 4) is 33.5 Å². The second-order valence-electron chi connectivity index (χ2n) is 14.1. The fourth-order valence-corrected chi connectivity index (χ4v) is 8.17. The number of hydrogen-bond acceptors (Lipinski definition) is 2. The highest BCUT2D eigenvalue weighted by molar-refractivity contribution is 6.13. The van der Waals surface area contributed by atoms with Crippen LogP contribution in [-0.4, -0.2) is 4.98 Å². The molecule has 0 bridgehead atoms. The number of hydrogen-bond donors (Lipinski definition) is 0. The number of aromatic nitrogens is 1. The maximum absolute atomic E-state index is 5.36. The van der Waals surface area contributed by atoms with Crippen molar-refractivity contribution >= 4 is 38.7 Å². The maximum Gasteiger partial charge on any atom is 0.0799 e. The second kappa shape index (κ2) is 11.6. The second-order valence-corrected chi connectivity index (χ2v) is 14.1. The molecular formula is C48H38N2. The molecule has 2 nitrogen and oxygen atoms in total. The van der Waals surface area contributed by atoms with Crippen molar-refractivity contribution in [3.63, 3.8) is 0 Å². The van der Waals surface area contributed by atoms with Gasteiger partial charge in [-0.15, -0.1) is 0 Å². The third-order valence-corrected chi connectivity index (χ3v) is 10.7. The molecule has 0 amide bonds. The van der Waals surface area contributed by atoms with Crippen molar-refractivity contribution in [3.05, 3.63) is 180 Å². The van der Waals surface area contributed by atoms with Crippen LogP contribution in [0, 0.1) is 13.8 Å². The molecule has 1 aromatic heterocycles. The van der Waals surface area contributed by atoms with Crippen LogP contribution in [0.3, 0.4) is 0 Å². The fraction of sp³-hybridized carbons (Fsp3) is 0.104. The van der Waals surface area contributed by atoms with E-state index in [0.29, 0.717) is 0 Å². The normalized spacial score (nSPS) is 13.3. The summed E-state index contributed by atoms with van der Waals surface area (Å²) in [5.74, 6) is 0. The quantitative estimate of drug-likeness (QED) is 0.178. The van der Waals surface area contributed by atoms with E-state index in [1.54, 1.807) is 0 Å². The average Bonchev–Trinajstić information content (AvgIpc) is 3.15. The van der Waals surface area contributed by atoms with Gasteiger partial charge >= 0.3 is 0 Å². The molecule has 0 radical (unpaired) electrons. The van der Waals surface area contributed by atoms with E-state index in [9.17, 15) is 0 Å². The Morgan fingerprint density at radius 2 is 1.16 bits per heavy atom. The van der Waals surface area contributed by atoms with Crippen molar-refractivity contribution in [2.45, 2.75) is 33.1 Å². The SMILES string of the molecule is Cc1cccc(-c2ccc(N3c4ccccc4C(C)(C)c4cc(-c5ccccc5)ccc43)cc2)c1-c1nc2ccccc2c2cccc(C)c12. The number of nitrogens with zero attached hydrogens (tertiary/aromatic N) is 2. The first kappa shape index (κ1) is 30.1. The van der Waals surface area contributed by atoms with Gasteiger partial charge in [-0.1, -0.05) is 135 Å². The van der Waals surface area contributed by atoms with Gasteiger partial charge in [0.25, 0.3) is 0 Å². The highest BCUT2D eigenvalue weighted by Crippen LogP contribution is 2.53. The Bertz CT molecular complexity index is 2580. The van der Waals surface area contributed by atoms with Gasteiger partial charge < -0.3 is 4.90 Å². The minimum absolute atomic E-state index is 0.155. The lowest BCUT2D eigenvalue weighted by Gasteiger charge is -2.42. The van der Waals surface area contributed by atoms with Gasteiger partial charge in [-0.25, -0.2) is 4.98 Å². The lowest BCUT2D eigenvalue weighted by molar-refractivity contribution is 0.632. The highest BCUT2D eigenvalue weighted by atomic mass is 15.2. The molecule has 1 aliphatic rings. The standard InChI is InChI=1S/C48H38N2/c1-31-14-12-19-37(45(31)47-46-32(2)15-13-20-39(46)38-18-8-10-22-42(38)49-47)34-24-27-36(28-25-34)50-43-23-11-9-21-40(43)48(3,4)41-30-35(26-29-44(41)50)33-16-6-5-7-17-33/h5-30H,1-4H3. The van der Waals surface area contributed by atoms with Gasteiger partial charge in [0, 0.05) is 27.4 Å². The third-order valence-electron chi connectivity index (χ3n) is 10.7. The first-order chi connectivity index (χ1) is 24.4. The van der Waals surface area contributed by atoms with Crippen LogP contribution in [0.1, 0.15) is 36.1 Å². The summed E-state index contributed by atoms with van der Waals surface area (Å²) in [6.07, 6.45) is 0. The smallest absolute Gasteiger partial charge is 0.0799 e. The minimum Gasteiger partial charge on any atom is -0.310 e. The number of para-hydroxylation sites is 2. The van der Waals surface area contributed by atoms with Gasteiger partial charge in [0.15, 0.2) is 0 Å². The van der Waals surface area contributed by atoms with E-state index in [-0.39, 0.29) is 5.41 Å². The summed E-state index contributed by atoms with van der Waals surface area (Å²) in [5, 5.41) is 3.66. The molecule has 240 valence electrons. The van der Waals surface area contributed by atoms with Crippen molar-refractivity contribution in [1.29, 1.82) is 0 Å². The van der Waals surface area contributed by atoms with Gasteiger partial charge in [-0.2, -0.15) is 0 Å². The van der Waals surface area contributed by atoms with E-state index in [4.69, 9.17) is 4.98 Å². The molecule has 0 saturated carbocycles. The van der Waals surface area contributed by atoms with E-state index in [2.05, 4.69) is 190 Å². The Labute approximate surface area is 294 Å².